The molecule has 1 saturated heterocycles. The third kappa shape index (κ3) is 6.24. The molecule has 1 aliphatic rings. The zero-order chi connectivity index (χ0) is 22.1. The van der Waals surface area contributed by atoms with Gasteiger partial charge in [-0.3, -0.25) is 14.6 Å². The highest BCUT2D eigenvalue weighted by atomic mass is 16.2. The smallest absolute Gasteiger partial charge is 0.256 e. The van der Waals surface area contributed by atoms with Crippen molar-refractivity contribution in [2.24, 2.45) is 0 Å². The molecule has 0 saturated carbocycles. The Kier molecular flexibility index (Phi) is 7.91. The van der Waals surface area contributed by atoms with Crippen LogP contribution in [0.3, 0.4) is 0 Å². The highest BCUT2D eigenvalue weighted by molar-refractivity contribution is 5.99. The van der Waals surface area contributed by atoms with Gasteiger partial charge >= 0.3 is 0 Å². The second kappa shape index (κ2) is 11.1. The minimum atomic E-state index is -0.250. The van der Waals surface area contributed by atoms with Crippen LogP contribution in [0.5, 0.6) is 0 Å². The van der Waals surface area contributed by atoms with Crippen molar-refractivity contribution >= 4 is 23.6 Å². The fraction of sp³-hybridized carbons (Fsp3) is 0.409. The molecule has 9 nitrogen and oxygen atoms in total. The molecule has 0 spiro atoms. The molecule has 2 aromatic rings. The molecule has 0 aromatic carbocycles. The van der Waals surface area contributed by atoms with Crippen LogP contribution >= 0.6 is 0 Å². The molecule has 1 fully saturated rings. The number of nitrogens with one attached hydrogen (secondary N) is 3. The van der Waals surface area contributed by atoms with Crippen LogP contribution in [0.1, 0.15) is 35.7 Å². The van der Waals surface area contributed by atoms with Crippen LogP contribution in [-0.2, 0) is 11.2 Å². The molecule has 1 atom stereocenters. The molecule has 3 N–H and O–H groups in total. The summed E-state index contributed by atoms with van der Waals surface area (Å²) in [6.45, 7) is 8.00. The standard InChI is InChI=1S/C22H29N7O2/c1-3-9-24-20-18(21(31)27-17-8-13-29(15-17)19(30)4-2)14-26-22(28-20)25-12-7-16-5-10-23-11-6-16/h4-6,10-11,14,17H,2-3,7-9,12-13,15H2,1H3,(H,27,31)(H2,24,25,26,28). The van der Waals surface area contributed by atoms with E-state index in [2.05, 4.69) is 37.5 Å². The lowest BCUT2D eigenvalue weighted by atomic mass is 10.2. The van der Waals surface area contributed by atoms with Crippen LogP contribution in [0.25, 0.3) is 0 Å². The van der Waals surface area contributed by atoms with Crippen molar-refractivity contribution in [3.63, 3.8) is 0 Å². The average Bonchev–Trinajstić information content (AvgIpc) is 3.26. The maximum Gasteiger partial charge on any atom is 0.256 e. The second-order valence-corrected chi connectivity index (χ2v) is 7.36. The van der Waals surface area contributed by atoms with Gasteiger partial charge in [-0.25, -0.2) is 4.98 Å². The van der Waals surface area contributed by atoms with E-state index in [0.717, 1.165) is 12.8 Å². The zero-order valence-corrected chi connectivity index (χ0v) is 17.8. The largest absolute Gasteiger partial charge is 0.369 e. The van der Waals surface area contributed by atoms with E-state index in [0.29, 0.717) is 49.9 Å². The van der Waals surface area contributed by atoms with Gasteiger partial charge in [0.2, 0.25) is 11.9 Å². The number of pyridine rings is 1. The summed E-state index contributed by atoms with van der Waals surface area (Å²) in [5, 5.41) is 9.41. The van der Waals surface area contributed by atoms with Crippen molar-refractivity contribution in [2.75, 3.05) is 36.8 Å². The first kappa shape index (κ1) is 22.2. The number of hydrogen-bond acceptors (Lipinski definition) is 7. The number of aromatic nitrogens is 3. The lowest BCUT2D eigenvalue weighted by Crippen LogP contribution is -2.38. The van der Waals surface area contributed by atoms with Crippen LogP contribution in [0.15, 0.2) is 43.4 Å². The number of hydrogen-bond donors (Lipinski definition) is 3. The maximum atomic E-state index is 12.9. The molecule has 9 heteroatoms. The summed E-state index contributed by atoms with van der Waals surface area (Å²) in [5.74, 6) is 0.595. The molecule has 3 heterocycles. The SMILES string of the molecule is C=CC(=O)N1CCC(NC(=O)c2cnc(NCCc3ccncc3)nc2NCCC)C1. The molecular weight excluding hydrogens is 394 g/mol. The lowest BCUT2D eigenvalue weighted by Gasteiger charge is -2.17. The molecule has 3 rings (SSSR count). The fourth-order valence-electron chi connectivity index (χ4n) is 3.35. The van der Waals surface area contributed by atoms with Crippen molar-refractivity contribution < 1.29 is 9.59 Å². The van der Waals surface area contributed by atoms with E-state index in [4.69, 9.17) is 0 Å². The third-order valence-electron chi connectivity index (χ3n) is 5.03. The Morgan fingerprint density at radius 3 is 2.81 bits per heavy atom. The summed E-state index contributed by atoms with van der Waals surface area (Å²) in [4.78, 5) is 39.1. The Bertz CT molecular complexity index is 904. The van der Waals surface area contributed by atoms with Gasteiger partial charge in [0.1, 0.15) is 11.4 Å². The normalized spacial score (nSPS) is 15.4. The van der Waals surface area contributed by atoms with Crippen LogP contribution < -0.4 is 16.0 Å². The minimum absolute atomic E-state index is 0.103. The van der Waals surface area contributed by atoms with E-state index >= 15 is 0 Å². The Labute approximate surface area is 182 Å². The summed E-state index contributed by atoms with van der Waals surface area (Å²) >= 11 is 0. The quantitative estimate of drug-likeness (QED) is 0.500. The lowest BCUT2D eigenvalue weighted by molar-refractivity contribution is -0.125. The van der Waals surface area contributed by atoms with Crippen LogP contribution in [0, 0.1) is 0 Å². The molecule has 2 aromatic heterocycles. The molecule has 2 amide bonds. The highest BCUT2D eigenvalue weighted by Crippen LogP contribution is 2.16. The number of anilines is 2. The minimum Gasteiger partial charge on any atom is -0.369 e. The van der Waals surface area contributed by atoms with E-state index in [1.54, 1.807) is 17.3 Å². The van der Waals surface area contributed by atoms with Crippen LogP contribution in [0.4, 0.5) is 11.8 Å². The second-order valence-electron chi connectivity index (χ2n) is 7.36. The first-order valence-electron chi connectivity index (χ1n) is 10.6. The van der Waals surface area contributed by atoms with Crippen molar-refractivity contribution in [2.45, 2.75) is 32.2 Å². The molecule has 0 bridgehead atoms. The first-order chi connectivity index (χ1) is 15.1. The summed E-state index contributed by atoms with van der Waals surface area (Å²) < 4.78 is 0. The summed E-state index contributed by atoms with van der Waals surface area (Å²) in [6.07, 6.45) is 8.79. The summed E-state index contributed by atoms with van der Waals surface area (Å²) in [6, 6.07) is 3.84. The zero-order valence-electron chi connectivity index (χ0n) is 17.8. The molecule has 1 aliphatic heterocycles. The Morgan fingerprint density at radius 1 is 1.26 bits per heavy atom. The predicted octanol–water partition coefficient (Wildman–Crippen LogP) is 1.86. The van der Waals surface area contributed by atoms with E-state index in [1.807, 2.05) is 19.1 Å². The molecule has 0 radical (unpaired) electrons. The molecule has 1 unspecified atom stereocenters. The van der Waals surface area contributed by atoms with Crippen molar-refractivity contribution in [1.82, 2.24) is 25.2 Å². The van der Waals surface area contributed by atoms with Crippen LogP contribution in [-0.4, -0.2) is 63.9 Å². The molecule has 31 heavy (non-hydrogen) atoms. The van der Waals surface area contributed by atoms with E-state index < -0.39 is 0 Å². The monoisotopic (exact) mass is 423 g/mol. The average molecular weight is 424 g/mol. The maximum absolute atomic E-state index is 12.9. The van der Waals surface area contributed by atoms with Gasteiger partial charge in [0.05, 0.1) is 0 Å². The number of likely N-dealkylation sites (tertiary alicyclic amines) is 1. The van der Waals surface area contributed by atoms with Gasteiger partial charge in [-0.05, 0) is 43.0 Å². The number of amides is 2. The van der Waals surface area contributed by atoms with Crippen LogP contribution in [0.2, 0.25) is 0 Å². The van der Waals surface area contributed by atoms with E-state index in [-0.39, 0.29) is 17.9 Å². The van der Waals surface area contributed by atoms with E-state index in [1.165, 1.54) is 17.8 Å². The van der Waals surface area contributed by atoms with Gasteiger partial charge in [-0.15, -0.1) is 0 Å². The van der Waals surface area contributed by atoms with Gasteiger partial charge in [0.15, 0.2) is 0 Å². The van der Waals surface area contributed by atoms with Gasteiger partial charge < -0.3 is 20.9 Å². The summed E-state index contributed by atoms with van der Waals surface area (Å²) in [7, 11) is 0. The third-order valence-corrected chi connectivity index (χ3v) is 5.03. The van der Waals surface area contributed by atoms with Gasteiger partial charge in [-0.2, -0.15) is 4.98 Å². The Hall–Kier alpha value is -3.49. The molecule has 0 aliphatic carbocycles. The highest BCUT2D eigenvalue weighted by Gasteiger charge is 2.27. The Morgan fingerprint density at radius 2 is 2.06 bits per heavy atom. The summed E-state index contributed by atoms with van der Waals surface area (Å²) in [5.41, 5.74) is 1.56. The topological polar surface area (TPSA) is 112 Å². The van der Waals surface area contributed by atoms with E-state index in [9.17, 15) is 9.59 Å². The Balaban J connectivity index is 1.62. The first-order valence-corrected chi connectivity index (χ1v) is 10.6. The van der Waals surface area contributed by atoms with Gasteiger partial charge in [0, 0.05) is 50.8 Å². The molecule has 164 valence electrons. The number of rotatable bonds is 10. The van der Waals surface area contributed by atoms with Crippen molar-refractivity contribution in [3.05, 3.63) is 54.5 Å². The van der Waals surface area contributed by atoms with Crippen molar-refractivity contribution in [1.29, 1.82) is 0 Å². The van der Waals surface area contributed by atoms with Crippen molar-refractivity contribution in [3.8, 4) is 0 Å². The van der Waals surface area contributed by atoms with Gasteiger partial charge in [-0.1, -0.05) is 13.5 Å². The predicted molar refractivity (Wildman–Crippen MR) is 120 cm³/mol. The fourth-order valence-corrected chi connectivity index (χ4v) is 3.35. The number of nitrogens with zero attached hydrogens (tertiary/aromatic N) is 4. The number of carbonyl (C=O) groups is 2. The van der Waals surface area contributed by atoms with Gasteiger partial charge in [0.25, 0.3) is 5.91 Å². The molecular formula is C22H29N7O2. The number of carbonyl (C=O) groups excluding carboxylic acids is 2.